The van der Waals surface area contributed by atoms with Crippen molar-refractivity contribution in [3.05, 3.63) is 38.5 Å². The number of nitrogens with one attached hydrogen (secondary N) is 1. The molecule has 0 aliphatic rings. The van der Waals surface area contributed by atoms with Crippen LogP contribution in [0.2, 0.25) is 0 Å². The number of halogens is 1. The molecule has 19 heavy (non-hydrogen) atoms. The van der Waals surface area contributed by atoms with Crippen molar-refractivity contribution >= 4 is 37.5 Å². The molecule has 3 rings (SSSR count). The first-order chi connectivity index (χ1) is 9.19. The molecule has 3 heterocycles. The standard InChI is InChI=1S/C12H8BrN3O2S/c1-18-6-2-3-14-8(4-6)10-15-11(17)9-7(13)5-19-12(9)16-10/h2-5H,1H3,(H,15,16,17). The topological polar surface area (TPSA) is 67.9 Å². The third-order valence-corrected chi connectivity index (χ3v) is 4.41. The SMILES string of the molecule is COc1ccnc(-c2nc3scc(Br)c3c(=O)[nH]2)c1. The van der Waals surface area contributed by atoms with Crippen LogP contribution in [0.1, 0.15) is 0 Å². The molecule has 0 radical (unpaired) electrons. The zero-order valence-corrected chi connectivity index (χ0v) is 12.2. The average Bonchev–Trinajstić information content (AvgIpc) is 2.81. The third-order valence-electron chi connectivity index (χ3n) is 2.61. The summed E-state index contributed by atoms with van der Waals surface area (Å²) in [4.78, 5) is 24.1. The molecular weight excluding hydrogens is 330 g/mol. The van der Waals surface area contributed by atoms with Crippen molar-refractivity contribution < 1.29 is 4.74 Å². The summed E-state index contributed by atoms with van der Waals surface area (Å²) in [5, 5.41) is 2.41. The minimum atomic E-state index is -0.183. The lowest BCUT2D eigenvalue weighted by atomic mass is 10.3. The van der Waals surface area contributed by atoms with Crippen LogP contribution in [0.4, 0.5) is 0 Å². The molecule has 7 heteroatoms. The van der Waals surface area contributed by atoms with E-state index in [4.69, 9.17) is 4.74 Å². The van der Waals surface area contributed by atoms with Gasteiger partial charge >= 0.3 is 0 Å². The van der Waals surface area contributed by atoms with E-state index in [0.717, 1.165) is 4.47 Å². The van der Waals surface area contributed by atoms with E-state index in [-0.39, 0.29) is 5.56 Å². The van der Waals surface area contributed by atoms with Gasteiger partial charge in [-0.2, -0.15) is 0 Å². The quantitative estimate of drug-likeness (QED) is 0.780. The van der Waals surface area contributed by atoms with Gasteiger partial charge in [-0.3, -0.25) is 9.78 Å². The highest BCUT2D eigenvalue weighted by Crippen LogP contribution is 2.27. The molecule has 3 aromatic rings. The minimum absolute atomic E-state index is 0.183. The number of aromatic nitrogens is 3. The Bertz CT molecular complexity index is 812. The summed E-state index contributed by atoms with van der Waals surface area (Å²) in [5.74, 6) is 1.10. The maximum absolute atomic E-state index is 12.0. The van der Waals surface area contributed by atoms with Crippen molar-refractivity contribution in [3.8, 4) is 17.3 Å². The van der Waals surface area contributed by atoms with Gasteiger partial charge in [0, 0.05) is 22.1 Å². The van der Waals surface area contributed by atoms with Gasteiger partial charge in [-0.05, 0) is 22.0 Å². The molecule has 0 bridgehead atoms. The van der Waals surface area contributed by atoms with E-state index in [2.05, 4.69) is 30.9 Å². The smallest absolute Gasteiger partial charge is 0.261 e. The first kappa shape index (κ1) is 12.3. The summed E-state index contributed by atoms with van der Waals surface area (Å²) in [6.45, 7) is 0. The highest BCUT2D eigenvalue weighted by atomic mass is 79.9. The van der Waals surface area contributed by atoms with Crippen LogP contribution < -0.4 is 10.3 Å². The van der Waals surface area contributed by atoms with Gasteiger partial charge in [0.25, 0.3) is 5.56 Å². The molecule has 0 saturated carbocycles. The van der Waals surface area contributed by atoms with E-state index < -0.39 is 0 Å². The number of pyridine rings is 1. The van der Waals surface area contributed by atoms with Crippen LogP contribution in [-0.4, -0.2) is 22.1 Å². The summed E-state index contributed by atoms with van der Waals surface area (Å²) in [7, 11) is 1.58. The Morgan fingerprint density at radius 3 is 3.11 bits per heavy atom. The van der Waals surface area contributed by atoms with Crippen LogP contribution in [0.15, 0.2) is 33.0 Å². The normalized spacial score (nSPS) is 10.8. The van der Waals surface area contributed by atoms with Crippen LogP contribution in [0, 0.1) is 0 Å². The first-order valence-electron chi connectivity index (χ1n) is 5.36. The van der Waals surface area contributed by atoms with Gasteiger partial charge in [0.15, 0.2) is 5.82 Å². The van der Waals surface area contributed by atoms with Crippen molar-refractivity contribution in [2.45, 2.75) is 0 Å². The number of H-pyrrole nitrogens is 1. The number of hydrogen-bond donors (Lipinski definition) is 1. The summed E-state index contributed by atoms with van der Waals surface area (Å²) in [5.41, 5.74) is 0.389. The minimum Gasteiger partial charge on any atom is -0.497 e. The van der Waals surface area contributed by atoms with E-state index in [1.807, 2.05) is 5.38 Å². The lowest BCUT2D eigenvalue weighted by molar-refractivity contribution is 0.414. The maximum Gasteiger partial charge on any atom is 0.261 e. The molecule has 0 saturated heterocycles. The van der Waals surface area contributed by atoms with E-state index in [1.165, 1.54) is 11.3 Å². The summed E-state index contributed by atoms with van der Waals surface area (Å²) in [6.07, 6.45) is 1.61. The van der Waals surface area contributed by atoms with Crippen LogP contribution in [0.3, 0.4) is 0 Å². The third kappa shape index (κ3) is 2.15. The van der Waals surface area contributed by atoms with Gasteiger partial charge in [-0.15, -0.1) is 11.3 Å². The molecular formula is C12H8BrN3O2S. The number of ether oxygens (including phenoxy) is 1. The van der Waals surface area contributed by atoms with Crippen LogP contribution in [-0.2, 0) is 0 Å². The zero-order valence-electron chi connectivity index (χ0n) is 9.81. The second kappa shape index (κ2) is 4.75. The Morgan fingerprint density at radius 1 is 1.47 bits per heavy atom. The molecule has 3 aromatic heterocycles. The fraction of sp³-hybridized carbons (Fsp3) is 0.0833. The predicted octanol–water partition coefficient (Wildman–Crippen LogP) is 2.82. The van der Waals surface area contributed by atoms with Crippen molar-refractivity contribution in [2.24, 2.45) is 0 Å². The number of nitrogens with zero attached hydrogens (tertiary/aromatic N) is 2. The molecule has 96 valence electrons. The number of aromatic amines is 1. The zero-order chi connectivity index (χ0) is 13.4. The number of hydrogen-bond acceptors (Lipinski definition) is 5. The second-order valence-electron chi connectivity index (χ2n) is 3.76. The molecule has 0 spiro atoms. The van der Waals surface area contributed by atoms with Crippen LogP contribution in [0.25, 0.3) is 21.7 Å². The van der Waals surface area contributed by atoms with Crippen molar-refractivity contribution in [1.82, 2.24) is 15.0 Å². The summed E-state index contributed by atoms with van der Waals surface area (Å²) in [6, 6.07) is 3.47. The monoisotopic (exact) mass is 337 g/mol. The number of rotatable bonds is 2. The Hall–Kier alpha value is -1.73. The van der Waals surface area contributed by atoms with Gasteiger partial charge in [0.1, 0.15) is 16.3 Å². The predicted molar refractivity (Wildman–Crippen MR) is 77.7 cm³/mol. The molecule has 0 aliphatic heterocycles. The largest absolute Gasteiger partial charge is 0.497 e. The Kier molecular flexibility index (Phi) is 3.08. The Morgan fingerprint density at radius 2 is 2.32 bits per heavy atom. The van der Waals surface area contributed by atoms with E-state index in [9.17, 15) is 4.79 Å². The average molecular weight is 338 g/mol. The van der Waals surface area contributed by atoms with Gasteiger partial charge in [-0.1, -0.05) is 0 Å². The fourth-order valence-electron chi connectivity index (χ4n) is 1.70. The fourth-order valence-corrected chi connectivity index (χ4v) is 3.28. The number of thiophene rings is 1. The van der Waals surface area contributed by atoms with Crippen LogP contribution >= 0.6 is 27.3 Å². The van der Waals surface area contributed by atoms with Crippen LogP contribution in [0.5, 0.6) is 5.75 Å². The summed E-state index contributed by atoms with van der Waals surface area (Å²) < 4.78 is 5.89. The van der Waals surface area contributed by atoms with Crippen molar-refractivity contribution in [3.63, 3.8) is 0 Å². The lowest BCUT2D eigenvalue weighted by Gasteiger charge is -2.03. The first-order valence-corrected chi connectivity index (χ1v) is 7.04. The maximum atomic E-state index is 12.0. The van der Waals surface area contributed by atoms with E-state index in [0.29, 0.717) is 27.5 Å². The molecule has 1 N–H and O–H groups in total. The summed E-state index contributed by atoms with van der Waals surface area (Å²) >= 11 is 4.75. The lowest BCUT2D eigenvalue weighted by Crippen LogP contribution is -2.09. The Balaban J connectivity index is 2.22. The Labute approximate surface area is 120 Å². The van der Waals surface area contributed by atoms with E-state index in [1.54, 1.807) is 25.4 Å². The number of methoxy groups -OCH3 is 1. The second-order valence-corrected chi connectivity index (χ2v) is 5.47. The van der Waals surface area contributed by atoms with Gasteiger partial charge in [0.2, 0.25) is 0 Å². The molecule has 0 atom stereocenters. The molecule has 5 nitrogen and oxygen atoms in total. The van der Waals surface area contributed by atoms with Gasteiger partial charge in [0.05, 0.1) is 12.5 Å². The van der Waals surface area contributed by atoms with Gasteiger partial charge in [-0.25, -0.2) is 4.98 Å². The van der Waals surface area contributed by atoms with E-state index >= 15 is 0 Å². The van der Waals surface area contributed by atoms with Gasteiger partial charge < -0.3 is 9.72 Å². The molecule has 0 fully saturated rings. The molecule has 0 aromatic carbocycles. The number of fused-ring (bicyclic) bond motifs is 1. The highest BCUT2D eigenvalue weighted by Gasteiger charge is 2.11. The van der Waals surface area contributed by atoms with Crippen molar-refractivity contribution in [1.29, 1.82) is 0 Å². The molecule has 0 unspecified atom stereocenters. The molecule has 0 amide bonds. The van der Waals surface area contributed by atoms with Crippen molar-refractivity contribution in [2.75, 3.05) is 7.11 Å². The molecule has 0 aliphatic carbocycles. The highest BCUT2D eigenvalue weighted by molar-refractivity contribution is 9.10.